The third-order valence-corrected chi connectivity index (χ3v) is 5.77. The van der Waals surface area contributed by atoms with Crippen molar-refractivity contribution in [2.24, 2.45) is 7.05 Å². The van der Waals surface area contributed by atoms with Gasteiger partial charge >= 0.3 is 0 Å². The van der Waals surface area contributed by atoms with E-state index in [9.17, 15) is 4.79 Å². The fourth-order valence-electron chi connectivity index (χ4n) is 4.55. The predicted molar refractivity (Wildman–Crippen MR) is 88.8 cm³/mol. The molecule has 6 nitrogen and oxygen atoms in total. The molecule has 3 aliphatic rings. The Balaban J connectivity index is 1.37. The molecule has 24 heavy (non-hydrogen) atoms. The standard InChI is InChI=1S/C18H27N3O3/c1-20-12-19-18-14-5-2-8-21(15(14)6-7-16(18)20)17(22)11-23-10-13-4-3-9-24-13/h12-15H,2-11H2,1H3. The van der Waals surface area contributed by atoms with Gasteiger partial charge in [0.1, 0.15) is 6.61 Å². The van der Waals surface area contributed by atoms with Gasteiger partial charge < -0.3 is 18.9 Å². The van der Waals surface area contributed by atoms with Crippen LogP contribution in [0.25, 0.3) is 0 Å². The van der Waals surface area contributed by atoms with E-state index >= 15 is 0 Å². The fourth-order valence-corrected chi connectivity index (χ4v) is 4.55. The Morgan fingerprint density at radius 3 is 3.12 bits per heavy atom. The van der Waals surface area contributed by atoms with Crippen LogP contribution in [0.1, 0.15) is 49.4 Å². The maximum absolute atomic E-state index is 12.7. The van der Waals surface area contributed by atoms with Gasteiger partial charge in [0.05, 0.1) is 24.7 Å². The highest BCUT2D eigenvalue weighted by Gasteiger charge is 2.40. The molecule has 132 valence electrons. The number of aromatic nitrogens is 2. The molecule has 3 unspecified atom stereocenters. The van der Waals surface area contributed by atoms with Crippen LogP contribution in [-0.4, -0.2) is 58.9 Å². The first-order valence-electron chi connectivity index (χ1n) is 9.23. The van der Waals surface area contributed by atoms with Crippen LogP contribution in [0.4, 0.5) is 0 Å². The molecule has 2 aliphatic heterocycles. The van der Waals surface area contributed by atoms with Crippen molar-refractivity contribution in [2.75, 3.05) is 26.4 Å². The molecule has 0 spiro atoms. The fraction of sp³-hybridized carbons (Fsp3) is 0.778. The zero-order valence-electron chi connectivity index (χ0n) is 14.4. The summed E-state index contributed by atoms with van der Waals surface area (Å²) in [6, 6.07) is 0.292. The van der Waals surface area contributed by atoms with E-state index in [0.29, 0.717) is 18.6 Å². The Hall–Kier alpha value is -1.40. The number of nitrogens with zero attached hydrogens (tertiary/aromatic N) is 3. The first-order chi connectivity index (χ1) is 11.7. The molecular weight excluding hydrogens is 306 g/mol. The van der Waals surface area contributed by atoms with E-state index in [1.54, 1.807) is 0 Å². The Bertz CT molecular complexity index is 594. The monoisotopic (exact) mass is 333 g/mol. The first kappa shape index (κ1) is 16.1. The van der Waals surface area contributed by atoms with Gasteiger partial charge in [-0.05, 0) is 38.5 Å². The lowest BCUT2D eigenvalue weighted by Gasteiger charge is -2.43. The van der Waals surface area contributed by atoms with Crippen molar-refractivity contribution in [3.63, 3.8) is 0 Å². The molecule has 0 saturated carbocycles. The van der Waals surface area contributed by atoms with Crippen molar-refractivity contribution in [3.05, 3.63) is 17.7 Å². The number of fused-ring (bicyclic) bond motifs is 3. The van der Waals surface area contributed by atoms with Crippen molar-refractivity contribution >= 4 is 5.91 Å². The second kappa shape index (κ2) is 6.84. The highest BCUT2D eigenvalue weighted by atomic mass is 16.5. The molecule has 2 fully saturated rings. The van der Waals surface area contributed by atoms with Gasteiger partial charge in [0.15, 0.2) is 0 Å². The minimum Gasteiger partial charge on any atom is -0.376 e. The lowest BCUT2D eigenvalue weighted by Crippen LogP contribution is -2.50. The van der Waals surface area contributed by atoms with Gasteiger partial charge in [0.25, 0.3) is 0 Å². The number of likely N-dealkylation sites (tertiary alicyclic amines) is 1. The SMILES string of the molecule is Cn1cnc2c1CCC1C2CCCN1C(=O)COCC1CCCO1. The van der Waals surface area contributed by atoms with Gasteiger partial charge in [-0.15, -0.1) is 0 Å². The number of ether oxygens (including phenoxy) is 2. The van der Waals surface area contributed by atoms with E-state index in [-0.39, 0.29) is 18.6 Å². The van der Waals surface area contributed by atoms with Gasteiger partial charge in [-0.3, -0.25) is 4.79 Å². The molecule has 0 bridgehead atoms. The van der Waals surface area contributed by atoms with E-state index in [1.807, 2.05) is 6.33 Å². The lowest BCUT2D eigenvalue weighted by molar-refractivity contribution is -0.142. The number of amides is 1. The molecular formula is C18H27N3O3. The normalized spacial score (nSPS) is 29.4. The smallest absolute Gasteiger partial charge is 0.248 e. The summed E-state index contributed by atoms with van der Waals surface area (Å²) in [4.78, 5) is 19.4. The Kier molecular flexibility index (Phi) is 4.59. The number of piperidine rings is 1. The zero-order valence-corrected chi connectivity index (χ0v) is 14.4. The van der Waals surface area contributed by atoms with Crippen molar-refractivity contribution in [1.82, 2.24) is 14.5 Å². The number of imidazole rings is 1. The molecule has 0 radical (unpaired) electrons. The number of hydrogen-bond donors (Lipinski definition) is 0. The first-order valence-corrected chi connectivity index (χ1v) is 9.23. The van der Waals surface area contributed by atoms with E-state index < -0.39 is 0 Å². The van der Waals surface area contributed by atoms with Crippen molar-refractivity contribution < 1.29 is 14.3 Å². The van der Waals surface area contributed by atoms with E-state index in [4.69, 9.17) is 9.47 Å². The summed E-state index contributed by atoms with van der Waals surface area (Å²) >= 11 is 0. The molecule has 0 N–H and O–H groups in total. The summed E-state index contributed by atoms with van der Waals surface area (Å²) in [6.07, 6.45) is 8.47. The third-order valence-electron chi connectivity index (χ3n) is 5.77. The molecule has 2 saturated heterocycles. The number of carbonyl (C=O) groups excluding carboxylic acids is 1. The number of aryl methyl sites for hydroxylation is 1. The molecule has 1 aromatic rings. The quantitative estimate of drug-likeness (QED) is 0.840. The molecule has 4 rings (SSSR count). The largest absolute Gasteiger partial charge is 0.376 e. The molecule has 1 amide bonds. The lowest BCUT2D eigenvalue weighted by atomic mass is 9.78. The summed E-state index contributed by atoms with van der Waals surface area (Å²) < 4.78 is 13.3. The van der Waals surface area contributed by atoms with Crippen LogP contribution in [0.15, 0.2) is 6.33 Å². The summed E-state index contributed by atoms with van der Waals surface area (Å²) in [7, 11) is 2.07. The van der Waals surface area contributed by atoms with E-state index in [2.05, 4.69) is 21.5 Å². The van der Waals surface area contributed by atoms with Crippen LogP contribution in [0, 0.1) is 0 Å². The van der Waals surface area contributed by atoms with Gasteiger partial charge in [0.2, 0.25) is 5.91 Å². The third kappa shape index (κ3) is 2.97. The van der Waals surface area contributed by atoms with Crippen molar-refractivity contribution in [3.8, 4) is 0 Å². The number of carbonyl (C=O) groups is 1. The summed E-state index contributed by atoms with van der Waals surface area (Å²) in [5.74, 6) is 0.521. The summed E-state index contributed by atoms with van der Waals surface area (Å²) in [5, 5.41) is 0. The van der Waals surface area contributed by atoms with Crippen LogP contribution < -0.4 is 0 Å². The molecule has 1 aliphatic carbocycles. The molecule has 3 atom stereocenters. The number of hydrogen-bond acceptors (Lipinski definition) is 4. The maximum atomic E-state index is 12.7. The highest BCUT2D eigenvalue weighted by molar-refractivity contribution is 5.78. The van der Waals surface area contributed by atoms with Gasteiger partial charge in [0, 0.05) is 37.9 Å². The van der Waals surface area contributed by atoms with Crippen molar-refractivity contribution in [2.45, 2.75) is 56.6 Å². The molecule has 6 heteroatoms. The van der Waals surface area contributed by atoms with Crippen LogP contribution >= 0.6 is 0 Å². The van der Waals surface area contributed by atoms with Crippen LogP contribution in [0.2, 0.25) is 0 Å². The minimum atomic E-state index is 0.127. The second-order valence-electron chi connectivity index (χ2n) is 7.28. The maximum Gasteiger partial charge on any atom is 0.248 e. The van der Waals surface area contributed by atoms with Crippen LogP contribution in [0.5, 0.6) is 0 Å². The summed E-state index contributed by atoms with van der Waals surface area (Å²) in [6.45, 7) is 2.39. The molecule has 3 heterocycles. The van der Waals surface area contributed by atoms with Crippen LogP contribution in [0.3, 0.4) is 0 Å². The topological polar surface area (TPSA) is 56.6 Å². The van der Waals surface area contributed by atoms with Gasteiger partial charge in [-0.1, -0.05) is 0 Å². The highest BCUT2D eigenvalue weighted by Crippen LogP contribution is 2.39. The van der Waals surface area contributed by atoms with Crippen LogP contribution in [-0.2, 0) is 27.7 Å². The second-order valence-corrected chi connectivity index (χ2v) is 7.28. The predicted octanol–water partition coefficient (Wildman–Crippen LogP) is 1.64. The Morgan fingerprint density at radius 1 is 1.38 bits per heavy atom. The zero-order chi connectivity index (χ0) is 16.5. The van der Waals surface area contributed by atoms with E-state index in [0.717, 1.165) is 51.7 Å². The number of rotatable bonds is 4. The van der Waals surface area contributed by atoms with Crippen molar-refractivity contribution in [1.29, 1.82) is 0 Å². The Morgan fingerprint density at radius 2 is 2.29 bits per heavy atom. The minimum absolute atomic E-state index is 0.127. The van der Waals surface area contributed by atoms with Gasteiger partial charge in [-0.2, -0.15) is 0 Å². The average Bonchev–Trinajstić information content (AvgIpc) is 3.24. The van der Waals surface area contributed by atoms with Gasteiger partial charge in [-0.25, -0.2) is 4.98 Å². The summed E-state index contributed by atoms with van der Waals surface area (Å²) in [5.41, 5.74) is 2.56. The Labute approximate surface area is 143 Å². The van der Waals surface area contributed by atoms with E-state index in [1.165, 1.54) is 11.4 Å². The molecule has 1 aromatic heterocycles. The molecule has 0 aromatic carbocycles. The average molecular weight is 333 g/mol.